The highest BCUT2D eigenvalue weighted by atomic mass is 16.5. The molecule has 2 aromatic carbocycles. The van der Waals surface area contributed by atoms with Gasteiger partial charge in [0.25, 0.3) is 0 Å². The summed E-state index contributed by atoms with van der Waals surface area (Å²) in [7, 11) is 1.60. The highest BCUT2D eigenvalue weighted by molar-refractivity contribution is 5.48. The fourth-order valence-electron chi connectivity index (χ4n) is 2.56. The Balaban J connectivity index is 1.60. The minimum atomic E-state index is 0.162. The highest BCUT2D eigenvalue weighted by Crippen LogP contribution is 2.29. The number of nitrogens with two attached hydrogens (primary N) is 2. The van der Waals surface area contributed by atoms with Crippen LogP contribution in [0.4, 0.5) is 11.8 Å². The second-order valence-electron chi connectivity index (χ2n) is 5.81. The molecule has 0 unspecified atom stereocenters. The Kier molecular flexibility index (Phi) is 5.94. The number of aromatic nitrogens is 2. The third-order valence-corrected chi connectivity index (χ3v) is 3.89. The van der Waals surface area contributed by atoms with Gasteiger partial charge in [0.15, 0.2) is 11.5 Å². The Hall–Kier alpha value is -3.48. The number of rotatable bonds is 8. The van der Waals surface area contributed by atoms with Gasteiger partial charge in [0.05, 0.1) is 7.11 Å². The molecule has 0 fully saturated rings. The zero-order valence-electron chi connectivity index (χ0n) is 15.1. The van der Waals surface area contributed by atoms with Gasteiger partial charge >= 0.3 is 0 Å². The van der Waals surface area contributed by atoms with Crippen LogP contribution in [-0.4, -0.2) is 30.3 Å². The molecule has 1 heterocycles. The number of benzene rings is 2. The first-order valence-electron chi connectivity index (χ1n) is 8.50. The van der Waals surface area contributed by atoms with Crippen LogP contribution in [0.25, 0.3) is 0 Å². The summed E-state index contributed by atoms with van der Waals surface area (Å²) >= 11 is 0. The molecule has 0 saturated heterocycles. The molecular weight excluding hydrogens is 344 g/mol. The second-order valence-corrected chi connectivity index (χ2v) is 5.81. The van der Waals surface area contributed by atoms with Crippen LogP contribution in [0.3, 0.4) is 0 Å². The third kappa shape index (κ3) is 5.01. The van der Waals surface area contributed by atoms with E-state index in [1.165, 1.54) is 0 Å². The van der Waals surface area contributed by atoms with Crippen LogP contribution in [0.5, 0.6) is 17.2 Å². The van der Waals surface area contributed by atoms with E-state index in [1.54, 1.807) is 13.3 Å². The first kappa shape index (κ1) is 18.3. The largest absolute Gasteiger partial charge is 0.493 e. The molecule has 1 aromatic heterocycles. The molecule has 7 heteroatoms. The van der Waals surface area contributed by atoms with Crippen molar-refractivity contribution < 1.29 is 14.2 Å². The van der Waals surface area contributed by atoms with Crippen LogP contribution >= 0.6 is 0 Å². The zero-order chi connectivity index (χ0) is 19.1. The Morgan fingerprint density at radius 1 is 0.926 bits per heavy atom. The fourth-order valence-corrected chi connectivity index (χ4v) is 2.56. The predicted octanol–water partition coefficient (Wildman–Crippen LogP) is 2.70. The summed E-state index contributed by atoms with van der Waals surface area (Å²) in [5.74, 6) is 2.64. The Bertz CT molecular complexity index is 888. The summed E-state index contributed by atoms with van der Waals surface area (Å²) in [6.07, 6.45) is 2.20. The van der Waals surface area contributed by atoms with Crippen molar-refractivity contribution in [3.8, 4) is 17.2 Å². The topological polar surface area (TPSA) is 106 Å². The Morgan fingerprint density at radius 2 is 1.70 bits per heavy atom. The molecule has 0 spiro atoms. The summed E-state index contributed by atoms with van der Waals surface area (Å²) in [5.41, 5.74) is 13.2. The van der Waals surface area contributed by atoms with Crippen LogP contribution < -0.4 is 25.7 Å². The normalized spacial score (nSPS) is 10.4. The molecule has 0 aliphatic rings. The molecule has 0 amide bonds. The molecule has 0 atom stereocenters. The van der Waals surface area contributed by atoms with Gasteiger partial charge in [-0.3, -0.25) is 0 Å². The van der Waals surface area contributed by atoms with Gasteiger partial charge in [0, 0.05) is 18.2 Å². The van der Waals surface area contributed by atoms with Crippen molar-refractivity contribution in [1.29, 1.82) is 0 Å². The summed E-state index contributed by atoms with van der Waals surface area (Å²) in [4.78, 5) is 7.97. The standard InChI is InChI=1S/C20H22N4O3/c1-25-18-12-14(11-15-13-23-20(22)24-19(15)21)7-8-17(18)27-10-9-26-16-5-3-2-4-6-16/h2-8,12-13H,9-11H2,1H3,(H4,21,22,23,24). The first-order valence-corrected chi connectivity index (χ1v) is 8.50. The third-order valence-electron chi connectivity index (χ3n) is 3.89. The number of nitrogens with zero attached hydrogens (tertiary/aromatic N) is 2. The maximum absolute atomic E-state index is 5.90. The molecule has 0 saturated carbocycles. The lowest BCUT2D eigenvalue weighted by Crippen LogP contribution is -2.09. The van der Waals surface area contributed by atoms with Crippen molar-refractivity contribution in [2.75, 3.05) is 31.8 Å². The number of hydrogen-bond acceptors (Lipinski definition) is 7. The van der Waals surface area contributed by atoms with Crippen LogP contribution in [0, 0.1) is 0 Å². The van der Waals surface area contributed by atoms with Crippen LogP contribution in [-0.2, 0) is 6.42 Å². The molecule has 0 radical (unpaired) electrons. The molecule has 4 N–H and O–H groups in total. The summed E-state index contributed by atoms with van der Waals surface area (Å²) in [5, 5.41) is 0. The van der Waals surface area contributed by atoms with E-state index in [1.807, 2.05) is 48.5 Å². The molecule has 140 valence electrons. The lowest BCUT2D eigenvalue weighted by molar-refractivity contribution is 0.211. The van der Waals surface area contributed by atoms with Crippen molar-refractivity contribution in [3.05, 3.63) is 65.9 Å². The van der Waals surface area contributed by atoms with Gasteiger partial charge in [-0.15, -0.1) is 0 Å². The molecule has 27 heavy (non-hydrogen) atoms. The van der Waals surface area contributed by atoms with Crippen molar-refractivity contribution in [2.24, 2.45) is 0 Å². The Labute approximate surface area is 157 Å². The average molecular weight is 366 g/mol. The van der Waals surface area contributed by atoms with Gasteiger partial charge in [0.2, 0.25) is 5.95 Å². The van der Waals surface area contributed by atoms with Gasteiger partial charge in [-0.05, 0) is 29.8 Å². The maximum Gasteiger partial charge on any atom is 0.221 e. The van der Waals surface area contributed by atoms with Gasteiger partial charge in [-0.2, -0.15) is 4.98 Å². The highest BCUT2D eigenvalue weighted by Gasteiger charge is 2.09. The number of ether oxygens (including phenoxy) is 3. The number of methoxy groups -OCH3 is 1. The number of hydrogen-bond donors (Lipinski definition) is 2. The van der Waals surface area contributed by atoms with Crippen molar-refractivity contribution in [1.82, 2.24) is 9.97 Å². The van der Waals surface area contributed by atoms with Crippen molar-refractivity contribution in [3.63, 3.8) is 0 Å². The van der Waals surface area contributed by atoms with E-state index in [9.17, 15) is 0 Å². The van der Waals surface area contributed by atoms with E-state index in [2.05, 4.69) is 9.97 Å². The minimum absolute atomic E-state index is 0.162. The van der Waals surface area contributed by atoms with Crippen LogP contribution in [0.1, 0.15) is 11.1 Å². The van der Waals surface area contributed by atoms with E-state index < -0.39 is 0 Å². The molecule has 3 rings (SSSR count). The monoisotopic (exact) mass is 366 g/mol. The van der Waals surface area contributed by atoms with E-state index in [0.29, 0.717) is 37.0 Å². The SMILES string of the molecule is COc1cc(Cc2cnc(N)nc2N)ccc1OCCOc1ccccc1. The fraction of sp³-hybridized carbons (Fsp3) is 0.200. The van der Waals surface area contributed by atoms with Crippen molar-refractivity contribution in [2.45, 2.75) is 6.42 Å². The van der Waals surface area contributed by atoms with Gasteiger partial charge < -0.3 is 25.7 Å². The molecule has 0 aliphatic carbocycles. The maximum atomic E-state index is 5.90. The quantitative estimate of drug-likeness (QED) is 0.590. The zero-order valence-corrected chi connectivity index (χ0v) is 15.1. The molecule has 3 aromatic rings. The van der Waals surface area contributed by atoms with Gasteiger partial charge in [0.1, 0.15) is 24.8 Å². The second kappa shape index (κ2) is 8.75. The summed E-state index contributed by atoms with van der Waals surface area (Å²) < 4.78 is 16.8. The van der Waals surface area contributed by atoms with Gasteiger partial charge in [-0.1, -0.05) is 24.3 Å². The Morgan fingerprint density at radius 3 is 2.44 bits per heavy atom. The molecule has 0 aliphatic heterocycles. The lowest BCUT2D eigenvalue weighted by atomic mass is 10.1. The van der Waals surface area contributed by atoms with E-state index >= 15 is 0 Å². The lowest BCUT2D eigenvalue weighted by Gasteiger charge is -2.13. The predicted molar refractivity (Wildman–Crippen MR) is 104 cm³/mol. The smallest absolute Gasteiger partial charge is 0.221 e. The molecule has 7 nitrogen and oxygen atoms in total. The number of nitrogen functional groups attached to an aromatic ring is 2. The summed E-state index contributed by atoms with van der Waals surface area (Å²) in [6.45, 7) is 0.845. The van der Waals surface area contributed by atoms with Crippen LogP contribution in [0.2, 0.25) is 0 Å². The number of anilines is 2. The van der Waals surface area contributed by atoms with E-state index in [4.69, 9.17) is 25.7 Å². The van der Waals surface area contributed by atoms with Crippen LogP contribution in [0.15, 0.2) is 54.7 Å². The number of para-hydroxylation sites is 1. The van der Waals surface area contributed by atoms with E-state index in [0.717, 1.165) is 16.9 Å². The minimum Gasteiger partial charge on any atom is -0.493 e. The average Bonchev–Trinajstić information content (AvgIpc) is 2.69. The van der Waals surface area contributed by atoms with Crippen molar-refractivity contribution >= 4 is 11.8 Å². The molecule has 0 bridgehead atoms. The molecular formula is C20H22N4O3. The summed E-state index contributed by atoms with van der Waals surface area (Å²) in [6, 6.07) is 15.3. The van der Waals surface area contributed by atoms with E-state index in [-0.39, 0.29) is 5.95 Å². The van der Waals surface area contributed by atoms with Gasteiger partial charge in [-0.25, -0.2) is 4.98 Å². The first-order chi connectivity index (χ1) is 13.2.